The fraction of sp³-hybridized carbons (Fsp3) is 0.562. The molecule has 6 N–H and O–H groups in total. The summed E-state index contributed by atoms with van der Waals surface area (Å²) in [6.45, 7) is 0.833. The zero-order valence-corrected chi connectivity index (χ0v) is 14.2. The first kappa shape index (κ1) is 19.0. The topological polar surface area (TPSA) is 114 Å². The fourth-order valence-electron chi connectivity index (χ4n) is 2.50. The molecule has 1 aromatic carbocycles. The van der Waals surface area contributed by atoms with Crippen molar-refractivity contribution in [2.24, 2.45) is 0 Å². The highest BCUT2D eigenvalue weighted by atomic mass is 32.2. The van der Waals surface area contributed by atoms with E-state index in [1.165, 1.54) is 0 Å². The van der Waals surface area contributed by atoms with Crippen molar-refractivity contribution >= 4 is 23.5 Å². The van der Waals surface area contributed by atoms with E-state index < -0.39 is 18.3 Å². The highest BCUT2D eigenvalue weighted by Crippen LogP contribution is 2.15. The SMILES string of the molecule is O=C(NCCSCCC1NCC(O)C(O)C1O)Nc1ccccc1. The summed E-state index contributed by atoms with van der Waals surface area (Å²) in [6, 6.07) is 8.79. The Balaban J connectivity index is 1.53. The first-order valence-corrected chi connectivity index (χ1v) is 9.18. The van der Waals surface area contributed by atoms with Gasteiger partial charge in [0.05, 0.1) is 12.2 Å². The molecule has 0 saturated carbocycles. The Morgan fingerprint density at radius 3 is 2.67 bits per heavy atom. The Morgan fingerprint density at radius 2 is 1.92 bits per heavy atom. The minimum Gasteiger partial charge on any atom is -0.389 e. The minimum atomic E-state index is -1.09. The molecule has 4 atom stereocenters. The Hall–Kier alpha value is -1.32. The number of urea groups is 1. The van der Waals surface area contributed by atoms with Crippen LogP contribution in [-0.4, -0.2) is 70.3 Å². The summed E-state index contributed by atoms with van der Waals surface area (Å²) in [5.41, 5.74) is 0.751. The largest absolute Gasteiger partial charge is 0.389 e. The van der Waals surface area contributed by atoms with Crippen molar-refractivity contribution in [3.63, 3.8) is 0 Å². The van der Waals surface area contributed by atoms with Crippen LogP contribution in [0.25, 0.3) is 0 Å². The smallest absolute Gasteiger partial charge is 0.319 e. The van der Waals surface area contributed by atoms with Gasteiger partial charge in [-0.2, -0.15) is 11.8 Å². The van der Waals surface area contributed by atoms with E-state index in [4.69, 9.17) is 0 Å². The molecule has 1 aromatic rings. The highest BCUT2D eigenvalue weighted by Gasteiger charge is 2.35. The summed E-state index contributed by atoms with van der Waals surface area (Å²) in [5.74, 6) is 1.55. The number of nitrogens with one attached hydrogen (secondary N) is 3. The molecule has 2 amide bonds. The van der Waals surface area contributed by atoms with E-state index in [-0.39, 0.29) is 18.6 Å². The van der Waals surface area contributed by atoms with Crippen molar-refractivity contribution in [2.45, 2.75) is 30.8 Å². The molecule has 1 heterocycles. The molecule has 134 valence electrons. The van der Waals surface area contributed by atoms with Crippen LogP contribution in [0.3, 0.4) is 0 Å². The second-order valence-corrected chi connectivity index (χ2v) is 6.94. The van der Waals surface area contributed by atoms with Crippen LogP contribution in [0, 0.1) is 0 Å². The van der Waals surface area contributed by atoms with Gasteiger partial charge in [0.15, 0.2) is 0 Å². The van der Waals surface area contributed by atoms with Gasteiger partial charge in [-0.15, -0.1) is 0 Å². The van der Waals surface area contributed by atoms with Gasteiger partial charge in [-0.3, -0.25) is 0 Å². The first-order chi connectivity index (χ1) is 11.6. The van der Waals surface area contributed by atoms with Crippen molar-refractivity contribution in [1.82, 2.24) is 10.6 Å². The van der Waals surface area contributed by atoms with Gasteiger partial charge in [0.1, 0.15) is 6.10 Å². The van der Waals surface area contributed by atoms with E-state index in [1.54, 1.807) is 11.8 Å². The summed E-state index contributed by atoms with van der Waals surface area (Å²) in [6.07, 6.45) is -2.28. The lowest BCUT2D eigenvalue weighted by Gasteiger charge is -2.36. The van der Waals surface area contributed by atoms with Crippen molar-refractivity contribution in [2.75, 3.05) is 29.9 Å². The lowest BCUT2D eigenvalue weighted by Crippen LogP contribution is -2.59. The van der Waals surface area contributed by atoms with E-state index >= 15 is 0 Å². The maximum atomic E-state index is 11.7. The summed E-state index contributed by atoms with van der Waals surface area (Å²) in [5, 5.41) is 37.5. The molecule has 24 heavy (non-hydrogen) atoms. The molecule has 0 spiro atoms. The Kier molecular flexibility index (Phi) is 7.80. The van der Waals surface area contributed by atoms with E-state index in [0.29, 0.717) is 13.0 Å². The fourth-order valence-corrected chi connectivity index (χ4v) is 3.37. The Bertz CT molecular complexity index is 505. The number of β-amino-alcohol motifs (C(OH)–C–C–N with tert-alkyl or cyclic N) is 1. The van der Waals surface area contributed by atoms with E-state index in [2.05, 4.69) is 16.0 Å². The Labute approximate surface area is 145 Å². The third-order valence-electron chi connectivity index (χ3n) is 3.88. The molecular weight excluding hydrogens is 330 g/mol. The first-order valence-electron chi connectivity index (χ1n) is 8.03. The predicted molar refractivity (Wildman–Crippen MR) is 95.2 cm³/mol. The number of aliphatic hydroxyl groups is 3. The lowest BCUT2D eigenvalue weighted by atomic mass is 9.94. The summed E-state index contributed by atoms with van der Waals surface area (Å²) in [7, 11) is 0. The summed E-state index contributed by atoms with van der Waals surface area (Å²) < 4.78 is 0. The number of aliphatic hydroxyl groups excluding tert-OH is 3. The van der Waals surface area contributed by atoms with E-state index in [9.17, 15) is 20.1 Å². The number of hydrogen-bond donors (Lipinski definition) is 6. The van der Waals surface area contributed by atoms with Gasteiger partial charge >= 0.3 is 6.03 Å². The number of carbonyl (C=O) groups is 1. The van der Waals surface area contributed by atoms with Gasteiger partial charge in [0.25, 0.3) is 0 Å². The predicted octanol–water partition coefficient (Wildman–Crippen LogP) is -0.0141. The van der Waals surface area contributed by atoms with Crippen LogP contribution in [0.2, 0.25) is 0 Å². The molecule has 7 nitrogen and oxygen atoms in total. The molecule has 0 bridgehead atoms. The molecule has 1 saturated heterocycles. The molecule has 0 aromatic heterocycles. The number of anilines is 1. The second-order valence-electron chi connectivity index (χ2n) is 5.71. The quantitative estimate of drug-likeness (QED) is 0.383. The number of hydrogen-bond acceptors (Lipinski definition) is 6. The van der Waals surface area contributed by atoms with Gasteiger partial charge in [0.2, 0.25) is 0 Å². The Morgan fingerprint density at radius 1 is 1.17 bits per heavy atom. The number of para-hydroxylation sites is 1. The van der Waals surface area contributed by atoms with Crippen LogP contribution < -0.4 is 16.0 Å². The van der Waals surface area contributed by atoms with E-state index in [0.717, 1.165) is 17.2 Å². The zero-order valence-electron chi connectivity index (χ0n) is 13.4. The lowest BCUT2D eigenvalue weighted by molar-refractivity contribution is -0.0941. The average molecular weight is 355 g/mol. The maximum absolute atomic E-state index is 11.7. The normalized spacial score (nSPS) is 26.8. The monoisotopic (exact) mass is 355 g/mol. The molecule has 0 radical (unpaired) electrons. The number of piperidine rings is 1. The second kappa shape index (κ2) is 9.85. The molecule has 8 heteroatoms. The number of thioether (sulfide) groups is 1. The molecule has 2 rings (SSSR count). The van der Waals surface area contributed by atoms with Crippen LogP contribution >= 0.6 is 11.8 Å². The third-order valence-corrected chi connectivity index (χ3v) is 4.90. The van der Waals surface area contributed by atoms with Gasteiger partial charge in [-0.05, 0) is 24.3 Å². The number of amides is 2. The molecule has 4 unspecified atom stereocenters. The molecule has 1 aliphatic rings. The zero-order chi connectivity index (χ0) is 17.4. The molecule has 0 aliphatic carbocycles. The van der Waals surface area contributed by atoms with Gasteiger partial charge in [-0.25, -0.2) is 4.79 Å². The van der Waals surface area contributed by atoms with Crippen LogP contribution in [-0.2, 0) is 0 Å². The van der Waals surface area contributed by atoms with Gasteiger partial charge in [0, 0.05) is 30.6 Å². The minimum absolute atomic E-state index is 0.217. The third kappa shape index (κ3) is 5.95. The van der Waals surface area contributed by atoms with Crippen LogP contribution in [0.4, 0.5) is 10.5 Å². The number of benzene rings is 1. The molecule has 1 fully saturated rings. The van der Waals surface area contributed by atoms with Gasteiger partial charge in [-0.1, -0.05) is 18.2 Å². The summed E-state index contributed by atoms with van der Waals surface area (Å²) >= 11 is 1.66. The van der Waals surface area contributed by atoms with Crippen molar-refractivity contribution in [3.8, 4) is 0 Å². The van der Waals surface area contributed by atoms with Crippen LogP contribution in [0.15, 0.2) is 30.3 Å². The highest BCUT2D eigenvalue weighted by molar-refractivity contribution is 7.99. The van der Waals surface area contributed by atoms with Crippen LogP contribution in [0.1, 0.15) is 6.42 Å². The van der Waals surface area contributed by atoms with Crippen molar-refractivity contribution in [3.05, 3.63) is 30.3 Å². The standard InChI is InChI=1S/C16H25N3O4S/c20-13-10-18-12(14(21)15(13)22)6-8-24-9-7-17-16(23)19-11-4-2-1-3-5-11/h1-5,12-15,18,20-22H,6-10H2,(H2,17,19,23). The van der Waals surface area contributed by atoms with Crippen molar-refractivity contribution in [1.29, 1.82) is 0 Å². The molecular formula is C16H25N3O4S. The summed E-state index contributed by atoms with van der Waals surface area (Å²) in [4.78, 5) is 11.7. The number of rotatable bonds is 7. The average Bonchev–Trinajstić information content (AvgIpc) is 2.58. The number of carbonyl (C=O) groups excluding carboxylic acids is 1. The van der Waals surface area contributed by atoms with Crippen molar-refractivity contribution < 1.29 is 20.1 Å². The molecule has 1 aliphatic heterocycles. The van der Waals surface area contributed by atoms with Gasteiger partial charge < -0.3 is 31.3 Å². The van der Waals surface area contributed by atoms with Crippen LogP contribution in [0.5, 0.6) is 0 Å². The van der Waals surface area contributed by atoms with E-state index in [1.807, 2.05) is 30.3 Å². The maximum Gasteiger partial charge on any atom is 0.319 e.